The van der Waals surface area contributed by atoms with Crippen LogP contribution < -0.4 is 0 Å². The van der Waals surface area contributed by atoms with E-state index < -0.39 is 11.4 Å². The minimum Gasteiger partial charge on any atom is -0.457 e. The van der Waals surface area contributed by atoms with E-state index in [4.69, 9.17) is 14.2 Å². The minimum atomic E-state index is -0.595. The van der Waals surface area contributed by atoms with E-state index in [0.29, 0.717) is 0 Å². The molecule has 0 N–H and O–H groups in total. The maximum absolute atomic E-state index is 11.5. The lowest BCUT2D eigenvalue weighted by atomic mass is 10.2. The molecule has 0 aromatic heterocycles. The molecule has 2 atom stereocenters. The van der Waals surface area contributed by atoms with Crippen molar-refractivity contribution in [2.75, 3.05) is 0 Å². The summed E-state index contributed by atoms with van der Waals surface area (Å²) in [6, 6.07) is 0. The van der Waals surface area contributed by atoms with E-state index in [2.05, 4.69) is 0 Å². The van der Waals surface area contributed by atoms with E-state index in [0.717, 1.165) is 0 Å². The van der Waals surface area contributed by atoms with Crippen LogP contribution in [0.1, 0.15) is 41.5 Å². The molecule has 0 spiro atoms. The zero-order chi connectivity index (χ0) is 13.3. The second-order valence-electron chi connectivity index (χ2n) is 5.70. The number of carbonyl (C=O) groups is 1. The predicted octanol–water partition coefficient (Wildman–Crippen LogP) is 2.42. The molecule has 0 bridgehead atoms. The van der Waals surface area contributed by atoms with Crippen molar-refractivity contribution in [3.63, 3.8) is 0 Å². The third-order valence-corrected chi connectivity index (χ3v) is 2.18. The fourth-order valence-electron chi connectivity index (χ4n) is 1.67. The van der Waals surface area contributed by atoms with E-state index in [9.17, 15) is 4.79 Å². The van der Waals surface area contributed by atoms with Crippen LogP contribution in [0.25, 0.3) is 0 Å². The van der Waals surface area contributed by atoms with Crippen molar-refractivity contribution in [3.8, 4) is 0 Å². The second-order valence-corrected chi connectivity index (χ2v) is 5.70. The molecule has 1 rings (SSSR count). The maximum Gasteiger partial charge on any atom is 0.331 e. The minimum absolute atomic E-state index is 0.0660. The maximum atomic E-state index is 11.5. The highest BCUT2D eigenvalue weighted by atomic mass is 16.7. The van der Waals surface area contributed by atoms with Gasteiger partial charge >= 0.3 is 5.97 Å². The van der Waals surface area contributed by atoms with E-state index in [-0.39, 0.29) is 18.2 Å². The Morgan fingerprint density at radius 2 is 1.88 bits per heavy atom. The van der Waals surface area contributed by atoms with Crippen molar-refractivity contribution in [2.24, 2.45) is 0 Å². The van der Waals surface area contributed by atoms with Gasteiger partial charge in [-0.15, -0.1) is 0 Å². The summed E-state index contributed by atoms with van der Waals surface area (Å²) in [5.41, 5.74) is -0.473. The summed E-state index contributed by atoms with van der Waals surface area (Å²) in [7, 11) is 0. The summed E-state index contributed by atoms with van der Waals surface area (Å²) in [6.07, 6.45) is 2.81. The Labute approximate surface area is 103 Å². The van der Waals surface area contributed by atoms with Crippen LogP contribution in [0.15, 0.2) is 12.2 Å². The predicted molar refractivity (Wildman–Crippen MR) is 64.5 cm³/mol. The molecule has 0 aliphatic carbocycles. The molecule has 0 amide bonds. The molecule has 4 heteroatoms. The van der Waals surface area contributed by atoms with Crippen LogP contribution in [0, 0.1) is 0 Å². The summed E-state index contributed by atoms with van der Waals surface area (Å²) in [4.78, 5) is 11.5. The Hall–Kier alpha value is -0.870. The molecular weight excluding hydrogens is 220 g/mol. The molecule has 1 saturated heterocycles. The Kier molecular flexibility index (Phi) is 3.99. The molecule has 4 nitrogen and oxygen atoms in total. The monoisotopic (exact) mass is 242 g/mol. The average Bonchev–Trinajstić information content (AvgIpc) is 2.33. The number of esters is 1. The normalized spacial score (nSPS) is 28.6. The summed E-state index contributed by atoms with van der Waals surface area (Å²) < 4.78 is 16.4. The highest BCUT2D eigenvalue weighted by Crippen LogP contribution is 2.28. The van der Waals surface area contributed by atoms with Gasteiger partial charge in [-0.05, 0) is 47.6 Å². The molecule has 17 heavy (non-hydrogen) atoms. The summed E-state index contributed by atoms with van der Waals surface area (Å²) in [5, 5.41) is 0. The number of hydrogen-bond acceptors (Lipinski definition) is 4. The summed E-state index contributed by atoms with van der Waals surface area (Å²) in [6.45, 7) is 11.1. The summed E-state index contributed by atoms with van der Waals surface area (Å²) in [5.74, 6) is -0.958. The van der Waals surface area contributed by atoms with Gasteiger partial charge in [-0.25, -0.2) is 4.79 Å². The molecule has 0 unspecified atom stereocenters. The van der Waals surface area contributed by atoms with Crippen molar-refractivity contribution < 1.29 is 19.0 Å². The second kappa shape index (κ2) is 4.78. The molecule has 0 saturated carbocycles. The van der Waals surface area contributed by atoms with Crippen molar-refractivity contribution in [2.45, 2.75) is 65.1 Å². The van der Waals surface area contributed by atoms with Gasteiger partial charge in [0.15, 0.2) is 5.79 Å². The number of ether oxygens (including phenoxy) is 3. The molecule has 1 heterocycles. The van der Waals surface area contributed by atoms with Gasteiger partial charge in [-0.3, -0.25) is 0 Å². The van der Waals surface area contributed by atoms with Crippen LogP contribution in [0.4, 0.5) is 0 Å². The average molecular weight is 242 g/mol. The Balaban J connectivity index is 2.52. The van der Waals surface area contributed by atoms with E-state index in [1.165, 1.54) is 6.08 Å². The Bertz CT molecular complexity index is 312. The largest absolute Gasteiger partial charge is 0.457 e. The smallest absolute Gasteiger partial charge is 0.331 e. The lowest BCUT2D eigenvalue weighted by molar-refractivity contribution is -0.149. The van der Waals surface area contributed by atoms with Gasteiger partial charge < -0.3 is 14.2 Å². The van der Waals surface area contributed by atoms with Gasteiger partial charge in [-0.2, -0.15) is 0 Å². The quantitative estimate of drug-likeness (QED) is 0.551. The molecule has 98 valence electrons. The third kappa shape index (κ3) is 4.88. The topological polar surface area (TPSA) is 44.8 Å². The first-order valence-electron chi connectivity index (χ1n) is 5.86. The lowest BCUT2D eigenvalue weighted by Gasteiger charge is -2.18. The molecule has 0 radical (unpaired) electrons. The fraction of sp³-hybridized carbons (Fsp3) is 0.769. The van der Waals surface area contributed by atoms with Crippen LogP contribution in [-0.2, 0) is 19.0 Å². The SMILES string of the molecule is C[C@@H]1OC(C)(C)O[C@H]1C=CC(=O)OC(C)(C)C. The number of rotatable bonds is 2. The fourth-order valence-corrected chi connectivity index (χ4v) is 1.67. The first kappa shape index (κ1) is 14.2. The van der Waals surface area contributed by atoms with Crippen molar-refractivity contribution >= 4 is 5.97 Å². The van der Waals surface area contributed by atoms with Crippen molar-refractivity contribution in [1.29, 1.82) is 0 Å². The van der Waals surface area contributed by atoms with Crippen LogP contribution in [0.5, 0.6) is 0 Å². The Morgan fingerprint density at radius 1 is 1.29 bits per heavy atom. The zero-order valence-corrected chi connectivity index (χ0v) is 11.4. The van der Waals surface area contributed by atoms with E-state index in [1.54, 1.807) is 6.08 Å². The molecule has 1 aliphatic rings. The first-order chi connectivity index (χ1) is 7.59. The lowest BCUT2D eigenvalue weighted by Crippen LogP contribution is -2.23. The van der Waals surface area contributed by atoms with Gasteiger partial charge in [-0.1, -0.05) is 0 Å². The molecule has 1 aliphatic heterocycles. The van der Waals surface area contributed by atoms with Crippen LogP contribution >= 0.6 is 0 Å². The van der Waals surface area contributed by atoms with Gasteiger partial charge in [0.05, 0.1) is 6.10 Å². The molecule has 1 fully saturated rings. The van der Waals surface area contributed by atoms with Gasteiger partial charge in [0.2, 0.25) is 0 Å². The van der Waals surface area contributed by atoms with Crippen LogP contribution in [0.3, 0.4) is 0 Å². The number of carbonyl (C=O) groups excluding carboxylic acids is 1. The zero-order valence-electron chi connectivity index (χ0n) is 11.4. The van der Waals surface area contributed by atoms with E-state index >= 15 is 0 Å². The highest BCUT2D eigenvalue weighted by Gasteiger charge is 2.37. The van der Waals surface area contributed by atoms with Crippen LogP contribution in [-0.4, -0.2) is 29.6 Å². The van der Waals surface area contributed by atoms with Crippen molar-refractivity contribution in [1.82, 2.24) is 0 Å². The third-order valence-electron chi connectivity index (χ3n) is 2.18. The molecule has 0 aromatic rings. The van der Waals surface area contributed by atoms with Crippen molar-refractivity contribution in [3.05, 3.63) is 12.2 Å². The van der Waals surface area contributed by atoms with Gasteiger partial charge in [0.1, 0.15) is 11.7 Å². The highest BCUT2D eigenvalue weighted by molar-refractivity contribution is 5.82. The van der Waals surface area contributed by atoms with Gasteiger partial charge in [0.25, 0.3) is 0 Å². The molecular formula is C13H22O4. The van der Waals surface area contributed by atoms with Crippen LogP contribution in [0.2, 0.25) is 0 Å². The first-order valence-corrected chi connectivity index (χ1v) is 5.86. The number of hydrogen-bond donors (Lipinski definition) is 0. The Morgan fingerprint density at radius 3 is 2.29 bits per heavy atom. The van der Waals surface area contributed by atoms with E-state index in [1.807, 2.05) is 41.5 Å². The summed E-state index contributed by atoms with van der Waals surface area (Å²) >= 11 is 0. The molecule has 0 aromatic carbocycles. The van der Waals surface area contributed by atoms with Gasteiger partial charge in [0, 0.05) is 6.08 Å². The standard InChI is InChI=1S/C13H22O4/c1-9-10(16-13(5,6)15-9)7-8-11(14)17-12(2,3)4/h7-10H,1-6H3/t9-,10-/m0/s1.